The van der Waals surface area contributed by atoms with E-state index >= 15 is 0 Å². The van der Waals surface area contributed by atoms with Crippen molar-refractivity contribution in [3.63, 3.8) is 0 Å². The van der Waals surface area contributed by atoms with Gasteiger partial charge >= 0.3 is 0 Å². The lowest BCUT2D eigenvalue weighted by Crippen LogP contribution is -2.03. The Morgan fingerprint density at radius 2 is 1.88 bits per heavy atom. The van der Waals surface area contributed by atoms with E-state index in [0.717, 1.165) is 22.4 Å². The zero-order valence-electron chi connectivity index (χ0n) is 14.9. The minimum Gasteiger partial charge on any atom is -0.507 e. The van der Waals surface area contributed by atoms with Crippen LogP contribution in [0.4, 0.5) is 5.95 Å². The third kappa shape index (κ3) is 3.67. The van der Waals surface area contributed by atoms with Crippen LogP contribution in [0.15, 0.2) is 60.7 Å². The third-order valence-electron chi connectivity index (χ3n) is 3.88. The highest BCUT2D eigenvalue weighted by Gasteiger charge is 2.17. The van der Waals surface area contributed by atoms with Crippen molar-refractivity contribution in [2.45, 2.75) is 13.8 Å². The van der Waals surface area contributed by atoms with E-state index in [1.807, 2.05) is 44.2 Å². The fourth-order valence-corrected chi connectivity index (χ4v) is 2.75. The number of aromatic hydroxyl groups is 1. The molecule has 1 heterocycles. The van der Waals surface area contributed by atoms with Gasteiger partial charge in [-0.05, 0) is 37.1 Å². The van der Waals surface area contributed by atoms with Gasteiger partial charge in [0.1, 0.15) is 18.1 Å². The summed E-state index contributed by atoms with van der Waals surface area (Å²) in [6, 6.07) is 14.9. The Labute approximate surface area is 152 Å². The predicted octanol–water partition coefficient (Wildman–Crippen LogP) is 4.36. The number of anilines is 1. The molecule has 0 radical (unpaired) electrons. The molecular weight excluding hydrogens is 326 g/mol. The predicted molar refractivity (Wildman–Crippen MR) is 104 cm³/mol. The summed E-state index contributed by atoms with van der Waals surface area (Å²) in [5, 5.41) is 10.6. The molecule has 0 saturated heterocycles. The third-order valence-corrected chi connectivity index (χ3v) is 3.88. The first-order valence-electron chi connectivity index (χ1n) is 8.26. The molecule has 0 fully saturated rings. The van der Waals surface area contributed by atoms with Gasteiger partial charge in [-0.3, -0.25) is 0 Å². The molecule has 1 aromatic heterocycles. The molecule has 5 nitrogen and oxygen atoms in total. The number of nitrogens with two attached hydrogens (primary N) is 1. The van der Waals surface area contributed by atoms with Gasteiger partial charge in [0.15, 0.2) is 0 Å². The van der Waals surface area contributed by atoms with E-state index in [0.29, 0.717) is 23.6 Å². The minimum atomic E-state index is 0.0684. The van der Waals surface area contributed by atoms with Crippen molar-refractivity contribution in [2.24, 2.45) is 0 Å². The van der Waals surface area contributed by atoms with E-state index in [2.05, 4.69) is 16.5 Å². The average Bonchev–Trinajstić information content (AvgIpc) is 2.60. The highest BCUT2D eigenvalue weighted by Crippen LogP contribution is 2.38. The first-order chi connectivity index (χ1) is 12.5. The molecule has 0 bridgehead atoms. The van der Waals surface area contributed by atoms with Crippen LogP contribution < -0.4 is 10.5 Å². The van der Waals surface area contributed by atoms with Crippen LogP contribution in [-0.2, 0) is 0 Å². The smallest absolute Gasteiger partial charge is 0.220 e. The molecule has 0 amide bonds. The Balaban J connectivity index is 2.11. The van der Waals surface area contributed by atoms with Crippen molar-refractivity contribution in [1.82, 2.24) is 9.97 Å². The van der Waals surface area contributed by atoms with Crippen molar-refractivity contribution in [3.8, 4) is 33.9 Å². The van der Waals surface area contributed by atoms with Crippen LogP contribution >= 0.6 is 0 Å². The Morgan fingerprint density at radius 3 is 2.54 bits per heavy atom. The van der Waals surface area contributed by atoms with Gasteiger partial charge in [-0.2, -0.15) is 0 Å². The highest BCUT2D eigenvalue weighted by molar-refractivity contribution is 5.85. The number of rotatable bonds is 5. The standard InChI is InChI=1S/C21H21N3O2/c1-13(2)12-26-16-9-10-17(18(25)11-16)20-19(14(3)23-21(22)24-20)15-7-5-4-6-8-15/h4-11,25H,1,12H2,2-3H3,(H2,22,23,24). The van der Waals surface area contributed by atoms with Gasteiger partial charge in [0, 0.05) is 17.2 Å². The lowest BCUT2D eigenvalue weighted by atomic mass is 9.97. The lowest BCUT2D eigenvalue weighted by Gasteiger charge is -2.14. The van der Waals surface area contributed by atoms with Crippen molar-refractivity contribution in [2.75, 3.05) is 12.3 Å². The summed E-state index contributed by atoms with van der Waals surface area (Å²) in [7, 11) is 0. The Bertz CT molecular complexity index is 953. The molecule has 3 aromatic rings. The van der Waals surface area contributed by atoms with E-state index in [9.17, 15) is 5.11 Å². The van der Waals surface area contributed by atoms with Gasteiger partial charge in [-0.15, -0.1) is 0 Å². The van der Waals surface area contributed by atoms with Crippen LogP contribution in [0.5, 0.6) is 11.5 Å². The minimum absolute atomic E-state index is 0.0684. The molecule has 0 unspecified atom stereocenters. The van der Waals surface area contributed by atoms with Crippen molar-refractivity contribution >= 4 is 5.95 Å². The number of benzene rings is 2. The van der Waals surface area contributed by atoms with Crippen LogP contribution in [0.1, 0.15) is 12.6 Å². The molecule has 0 aliphatic carbocycles. The second-order valence-corrected chi connectivity index (χ2v) is 6.18. The number of aryl methyl sites for hydroxylation is 1. The Morgan fingerprint density at radius 1 is 1.15 bits per heavy atom. The summed E-state index contributed by atoms with van der Waals surface area (Å²) in [4.78, 5) is 8.68. The number of phenolic OH excluding ortho intramolecular Hbond substituents is 1. The first kappa shape index (κ1) is 17.5. The highest BCUT2D eigenvalue weighted by atomic mass is 16.5. The average molecular weight is 347 g/mol. The molecule has 0 aliphatic rings. The molecule has 5 heteroatoms. The maximum absolute atomic E-state index is 10.6. The van der Waals surface area contributed by atoms with Crippen molar-refractivity contribution < 1.29 is 9.84 Å². The van der Waals surface area contributed by atoms with Crippen LogP contribution in [0.25, 0.3) is 22.4 Å². The second-order valence-electron chi connectivity index (χ2n) is 6.18. The summed E-state index contributed by atoms with van der Waals surface area (Å²) >= 11 is 0. The number of hydrogen-bond acceptors (Lipinski definition) is 5. The van der Waals surface area contributed by atoms with E-state index in [-0.39, 0.29) is 11.7 Å². The number of nitrogen functional groups attached to an aromatic ring is 1. The van der Waals surface area contributed by atoms with Gasteiger partial charge in [-0.25, -0.2) is 9.97 Å². The topological polar surface area (TPSA) is 81.3 Å². The van der Waals surface area contributed by atoms with E-state index in [1.54, 1.807) is 18.2 Å². The summed E-state index contributed by atoms with van der Waals surface area (Å²) in [6.07, 6.45) is 0. The second kappa shape index (κ2) is 7.27. The Kier molecular flexibility index (Phi) is 4.89. The molecular formula is C21H21N3O2. The fourth-order valence-electron chi connectivity index (χ4n) is 2.75. The van der Waals surface area contributed by atoms with Crippen LogP contribution in [0, 0.1) is 6.92 Å². The number of ether oxygens (including phenoxy) is 1. The van der Waals surface area contributed by atoms with Gasteiger partial charge in [0.05, 0.1) is 11.4 Å². The number of hydrogen-bond donors (Lipinski definition) is 2. The normalized spacial score (nSPS) is 10.5. The summed E-state index contributed by atoms with van der Waals surface area (Å²) in [5.74, 6) is 0.798. The summed E-state index contributed by atoms with van der Waals surface area (Å²) in [5.41, 5.74) is 10.5. The molecule has 0 aliphatic heterocycles. The van der Waals surface area contributed by atoms with Gasteiger partial charge in [0.2, 0.25) is 5.95 Å². The zero-order valence-corrected chi connectivity index (χ0v) is 14.9. The molecule has 0 atom stereocenters. The number of nitrogens with zero attached hydrogens (tertiary/aromatic N) is 2. The van der Waals surface area contributed by atoms with Gasteiger partial charge in [0.25, 0.3) is 0 Å². The zero-order chi connectivity index (χ0) is 18.7. The van der Waals surface area contributed by atoms with E-state index in [1.165, 1.54) is 0 Å². The first-order valence-corrected chi connectivity index (χ1v) is 8.26. The maximum Gasteiger partial charge on any atom is 0.220 e. The Hall–Kier alpha value is -3.34. The SMILES string of the molecule is C=C(C)COc1ccc(-c2nc(N)nc(C)c2-c2ccccc2)c(O)c1. The monoisotopic (exact) mass is 347 g/mol. The summed E-state index contributed by atoms with van der Waals surface area (Å²) < 4.78 is 5.58. The molecule has 0 saturated carbocycles. The molecule has 132 valence electrons. The van der Waals surface area contributed by atoms with Crippen molar-refractivity contribution in [3.05, 3.63) is 66.4 Å². The number of aromatic nitrogens is 2. The molecule has 26 heavy (non-hydrogen) atoms. The molecule has 2 aromatic carbocycles. The lowest BCUT2D eigenvalue weighted by molar-refractivity contribution is 0.350. The van der Waals surface area contributed by atoms with Gasteiger partial charge < -0.3 is 15.6 Å². The summed E-state index contributed by atoms with van der Waals surface area (Å²) in [6.45, 7) is 7.96. The molecule has 3 rings (SSSR count). The van der Waals surface area contributed by atoms with E-state index in [4.69, 9.17) is 10.5 Å². The van der Waals surface area contributed by atoms with Crippen LogP contribution in [-0.4, -0.2) is 21.7 Å². The molecule has 0 spiro atoms. The van der Waals surface area contributed by atoms with Crippen LogP contribution in [0.3, 0.4) is 0 Å². The molecule has 3 N–H and O–H groups in total. The van der Waals surface area contributed by atoms with Crippen molar-refractivity contribution in [1.29, 1.82) is 0 Å². The van der Waals surface area contributed by atoms with Gasteiger partial charge in [-0.1, -0.05) is 36.9 Å². The number of phenols is 1. The van der Waals surface area contributed by atoms with E-state index < -0.39 is 0 Å². The maximum atomic E-state index is 10.6. The fraction of sp³-hybridized carbons (Fsp3) is 0.143. The van der Waals surface area contributed by atoms with Crippen LogP contribution in [0.2, 0.25) is 0 Å². The quantitative estimate of drug-likeness (QED) is 0.670. The largest absolute Gasteiger partial charge is 0.507 e.